The van der Waals surface area contributed by atoms with Crippen LogP contribution in [0, 0.1) is 11.3 Å². The van der Waals surface area contributed by atoms with Gasteiger partial charge in [0.25, 0.3) is 5.91 Å². The number of morpholine rings is 1. The molecule has 0 bridgehead atoms. The van der Waals surface area contributed by atoms with Gasteiger partial charge in [-0.1, -0.05) is 0 Å². The van der Waals surface area contributed by atoms with Gasteiger partial charge in [0.15, 0.2) is 0 Å². The quantitative estimate of drug-likeness (QED) is 0.535. The van der Waals surface area contributed by atoms with Gasteiger partial charge in [-0.25, -0.2) is 0 Å². The summed E-state index contributed by atoms with van der Waals surface area (Å²) < 4.78 is 5.21. The van der Waals surface area contributed by atoms with E-state index >= 15 is 0 Å². The van der Waals surface area contributed by atoms with Gasteiger partial charge in [0.2, 0.25) is 0 Å². The standard InChI is InChI=1S/C13H19N3O2/c14-10-12(11-15-4-2-1-3-5-15)13(17)16-6-8-18-9-7-16/h11H,1-9H2/b12-11-. The number of carbonyl (C=O) groups excluding carboxylic acids is 1. The molecule has 98 valence electrons. The second kappa shape index (κ2) is 6.41. The predicted octanol–water partition coefficient (Wildman–Crippen LogP) is 0.739. The molecule has 0 spiro atoms. The Bertz CT molecular complexity index is 361. The lowest BCUT2D eigenvalue weighted by Crippen LogP contribution is -2.41. The number of rotatable bonds is 2. The first-order valence-corrected chi connectivity index (χ1v) is 6.54. The average molecular weight is 249 g/mol. The number of carbonyl (C=O) groups is 1. The van der Waals surface area contributed by atoms with Crippen molar-refractivity contribution in [3.63, 3.8) is 0 Å². The first-order chi connectivity index (χ1) is 8.81. The van der Waals surface area contributed by atoms with Gasteiger partial charge in [-0.2, -0.15) is 5.26 Å². The lowest BCUT2D eigenvalue weighted by molar-refractivity contribution is -0.130. The number of ether oxygens (including phenoxy) is 1. The SMILES string of the molecule is N#C/C(=C/N1CCCCC1)C(=O)N1CCOCC1. The van der Waals surface area contributed by atoms with Gasteiger partial charge >= 0.3 is 0 Å². The van der Waals surface area contributed by atoms with E-state index in [1.807, 2.05) is 6.07 Å². The summed E-state index contributed by atoms with van der Waals surface area (Å²) in [5.41, 5.74) is 0.249. The molecule has 2 rings (SSSR count). The molecule has 1 amide bonds. The van der Waals surface area contributed by atoms with Crippen LogP contribution in [-0.2, 0) is 9.53 Å². The predicted molar refractivity (Wildman–Crippen MR) is 66.5 cm³/mol. The van der Waals surface area contributed by atoms with Crippen LogP contribution in [-0.4, -0.2) is 55.1 Å². The molecule has 2 heterocycles. The fourth-order valence-corrected chi connectivity index (χ4v) is 2.30. The molecule has 2 fully saturated rings. The first kappa shape index (κ1) is 12.9. The van der Waals surface area contributed by atoms with Crippen molar-refractivity contribution in [3.05, 3.63) is 11.8 Å². The minimum absolute atomic E-state index is 0.161. The molecule has 5 heteroatoms. The maximum atomic E-state index is 12.2. The largest absolute Gasteiger partial charge is 0.378 e. The Labute approximate surface area is 108 Å². The molecule has 2 aliphatic heterocycles. The summed E-state index contributed by atoms with van der Waals surface area (Å²) in [6.07, 6.45) is 5.25. The average Bonchev–Trinajstić information content (AvgIpc) is 2.46. The van der Waals surface area contributed by atoms with E-state index in [0.29, 0.717) is 26.3 Å². The van der Waals surface area contributed by atoms with Crippen molar-refractivity contribution in [1.82, 2.24) is 9.80 Å². The number of hydrogen-bond donors (Lipinski definition) is 0. The van der Waals surface area contributed by atoms with E-state index in [0.717, 1.165) is 25.9 Å². The van der Waals surface area contributed by atoms with Gasteiger partial charge in [0.05, 0.1) is 13.2 Å². The molecule has 0 aromatic rings. The molecule has 0 radical (unpaired) electrons. The third kappa shape index (κ3) is 3.23. The second-order valence-electron chi connectivity index (χ2n) is 4.66. The van der Waals surface area contributed by atoms with Crippen LogP contribution in [0.5, 0.6) is 0 Å². The summed E-state index contributed by atoms with van der Waals surface area (Å²) in [5, 5.41) is 9.13. The highest BCUT2D eigenvalue weighted by molar-refractivity contribution is 5.97. The summed E-state index contributed by atoms with van der Waals surface area (Å²) in [6.45, 7) is 4.18. The van der Waals surface area contributed by atoms with Crippen molar-refractivity contribution in [3.8, 4) is 6.07 Å². The van der Waals surface area contributed by atoms with Gasteiger partial charge in [-0.05, 0) is 19.3 Å². The lowest BCUT2D eigenvalue weighted by Gasteiger charge is -2.28. The molecule has 0 aliphatic carbocycles. The number of amides is 1. The van der Waals surface area contributed by atoms with E-state index < -0.39 is 0 Å². The van der Waals surface area contributed by atoms with Crippen molar-refractivity contribution in [2.24, 2.45) is 0 Å². The monoisotopic (exact) mass is 249 g/mol. The van der Waals surface area contributed by atoms with Crippen LogP contribution in [0.25, 0.3) is 0 Å². The molecule has 5 nitrogen and oxygen atoms in total. The van der Waals surface area contributed by atoms with E-state index in [2.05, 4.69) is 4.90 Å². The highest BCUT2D eigenvalue weighted by Gasteiger charge is 2.21. The van der Waals surface area contributed by atoms with Gasteiger partial charge in [0, 0.05) is 32.4 Å². The zero-order valence-electron chi connectivity index (χ0n) is 10.6. The van der Waals surface area contributed by atoms with Crippen molar-refractivity contribution in [1.29, 1.82) is 5.26 Å². The molecule has 18 heavy (non-hydrogen) atoms. The van der Waals surface area contributed by atoms with E-state index in [9.17, 15) is 4.79 Å². The van der Waals surface area contributed by atoms with Gasteiger partial charge in [-0.3, -0.25) is 4.79 Å². The number of nitrogens with zero attached hydrogens (tertiary/aromatic N) is 3. The Hall–Kier alpha value is -1.54. The summed E-state index contributed by atoms with van der Waals surface area (Å²) in [5.74, 6) is -0.161. The van der Waals surface area contributed by atoms with Crippen LogP contribution in [0.3, 0.4) is 0 Å². The van der Waals surface area contributed by atoms with Crippen molar-refractivity contribution >= 4 is 5.91 Å². The van der Waals surface area contributed by atoms with E-state index in [1.54, 1.807) is 11.1 Å². The fraction of sp³-hybridized carbons (Fsp3) is 0.692. The van der Waals surface area contributed by atoms with Gasteiger partial charge in [-0.15, -0.1) is 0 Å². The summed E-state index contributed by atoms with van der Waals surface area (Å²) in [4.78, 5) is 15.9. The molecule has 0 atom stereocenters. The zero-order chi connectivity index (χ0) is 12.8. The summed E-state index contributed by atoms with van der Waals surface area (Å²) in [6, 6.07) is 2.03. The molecular formula is C13H19N3O2. The van der Waals surface area contributed by atoms with E-state index in [-0.39, 0.29) is 11.5 Å². The Morgan fingerprint density at radius 1 is 1.11 bits per heavy atom. The highest BCUT2D eigenvalue weighted by Crippen LogP contribution is 2.12. The minimum Gasteiger partial charge on any atom is -0.378 e. The third-order valence-electron chi connectivity index (χ3n) is 3.35. The van der Waals surface area contributed by atoms with Crippen LogP contribution >= 0.6 is 0 Å². The maximum absolute atomic E-state index is 12.2. The smallest absolute Gasteiger partial charge is 0.266 e. The zero-order valence-corrected chi connectivity index (χ0v) is 10.6. The van der Waals surface area contributed by atoms with Crippen molar-refractivity contribution in [2.45, 2.75) is 19.3 Å². The number of nitriles is 1. The van der Waals surface area contributed by atoms with Crippen LogP contribution in [0.15, 0.2) is 11.8 Å². The Morgan fingerprint density at radius 2 is 1.78 bits per heavy atom. The Kier molecular flexibility index (Phi) is 4.59. The minimum atomic E-state index is -0.161. The number of hydrogen-bond acceptors (Lipinski definition) is 4. The van der Waals surface area contributed by atoms with Gasteiger partial charge < -0.3 is 14.5 Å². The molecule has 0 aromatic carbocycles. The van der Waals surface area contributed by atoms with E-state index in [4.69, 9.17) is 10.00 Å². The topological polar surface area (TPSA) is 56.6 Å². The summed E-state index contributed by atoms with van der Waals surface area (Å²) >= 11 is 0. The molecule has 0 saturated carbocycles. The highest BCUT2D eigenvalue weighted by atomic mass is 16.5. The van der Waals surface area contributed by atoms with Crippen LogP contribution in [0.2, 0.25) is 0 Å². The van der Waals surface area contributed by atoms with Crippen LogP contribution in [0.4, 0.5) is 0 Å². The van der Waals surface area contributed by atoms with Crippen LogP contribution < -0.4 is 0 Å². The number of likely N-dealkylation sites (tertiary alicyclic amines) is 1. The van der Waals surface area contributed by atoms with Crippen LogP contribution in [0.1, 0.15) is 19.3 Å². The van der Waals surface area contributed by atoms with Crippen molar-refractivity contribution in [2.75, 3.05) is 39.4 Å². The molecule has 0 aromatic heterocycles. The molecule has 0 N–H and O–H groups in total. The van der Waals surface area contributed by atoms with Gasteiger partial charge in [0.1, 0.15) is 11.6 Å². The molecule has 0 unspecified atom stereocenters. The normalized spacial score (nSPS) is 21.6. The fourth-order valence-electron chi connectivity index (χ4n) is 2.30. The molecule has 2 aliphatic rings. The lowest BCUT2D eigenvalue weighted by atomic mass is 10.1. The maximum Gasteiger partial charge on any atom is 0.266 e. The van der Waals surface area contributed by atoms with Crippen molar-refractivity contribution < 1.29 is 9.53 Å². The number of piperidine rings is 1. The third-order valence-corrected chi connectivity index (χ3v) is 3.35. The Morgan fingerprint density at radius 3 is 2.39 bits per heavy atom. The summed E-state index contributed by atoms with van der Waals surface area (Å²) in [7, 11) is 0. The molecular weight excluding hydrogens is 230 g/mol. The van der Waals surface area contributed by atoms with E-state index in [1.165, 1.54) is 6.42 Å². The Balaban J connectivity index is 2.00. The first-order valence-electron chi connectivity index (χ1n) is 6.54. The molecule has 2 saturated heterocycles. The second-order valence-corrected chi connectivity index (χ2v) is 4.66.